The Morgan fingerprint density at radius 3 is 1.79 bits per heavy atom. The van der Waals surface area contributed by atoms with Crippen LogP contribution in [0.3, 0.4) is 0 Å². The Balaban J connectivity index is 0.000000177. The molecule has 5 aromatic carbocycles. The van der Waals surface area contributed by atoms with Crippen LogP contribution in [0.15, 0.2) is 134 Å². The Morgan fingerprint density at radius 2 is 1.28 bits per heavy atom. The highest BCUT2D eigenvalue weighted by Gasteiger charge is 2.24. The number of carbonyl (C=O) groups excluding carboxylic acids is 1. The van der Waals surface area contributed by atoms with E-state index in [1.807, 2.05) is 151 Å². The van der Waals surface area contributed by atoms with Crippen LogP contribution < -0.4 is 26.6 Å². The third-order valence-corrected chi connectivity index (χ3v) is 12.6. The molecule has 14 nitrogen and oxygen atoms in total. The van der Waals surface area contributed by atoms with Crippen LogP contribution in [0.25, 0.3) is 32.7 Å². The van der Waals surface area contributed by atoms with Crippen LogP contribution in [0.5, 0.6) is 0 Å². The molecule has 1 amide bonds. The molecule has 3 unspecified atom stereocenters. The first kappa shape index (κ1) is 55.4. The number of alkyl halides is 1. The minimum Gasteiger partial charge on any atom is -0.444 e. The van der Waals surface area contributed by atoms with Gasteiger partial charge in [-0.2, -0.15) is 10.1 Å². The maximum atomic E-state index is 11.9. The second kappa shape index (κ2) is 26.2. The molecule has 0 spiro atoms. The minimum atomic E-state index is -0.537. The maximum absolute atomic E-state index is 11.9. The summed E-state index contributed by atoms with van der Waals surface area (Å²) in [5, 5.41) is 37.1. The maximum Gasteiger partial charge on any atom is 0.407 e. The number of alkyl carbamates (subject to hydrolysis) is 1. The van der Waals surface area contributed by atoms with Crippen molar-refractivity contribution in [3.05, 3.63) is 172 Å². The molecule has 8 aromatic rings. The third-order valence-electron chi connectivity index (χ3n) is 12.2. The monoisotopic (exact) mass is 1020 g/mol. The first-order chi connectivity index (χ1) is 34.5. The van der Waals surface area contributed by atoms with Gasteiger partial charge in [-0.15, -0.1) is 11.6 Å². The molecular weight excluding hydrogens is 948 g/mol. The lowest BCUT2D eigenvalue weighted by atomic mass is 10.0. The number of nitrogens with zero attached hydrogens (tertiary/aromatic N) is 4. The van der Waals surface area contributed by atoms with Crippen LogP contribution in [-0.2, 0) is 24.4 Å². The summed E-state index contributed by atoms with van der Waals surface area (Å²) >= 11 is 12.1. The molecule has 0 radical (unpaired) electrons. The van der Waals surface area contributed by atoms with Gasteiger partial charge in [-0.1, -0.05) is 83.9 Å². The SMILES string of the molecule is CN(C)c1ccc2c(c1)c(C(N)CNC(=O)OC(C)(C)C)cn2CCCl.CNCC(c1c[nH]c2ccc(C)cc12)N(O)Cc1ccccc1.CNCC(c1c[nH]c2ccc(Cl)cc12)N(O)Cc1ccccc1. The average molecular weight is 1020 g/mol. The number of fused-ring (bicyclic) bond motifs is 3. The number of aromatic amines is 2. The summed E-state index contributed by atoms with van der Waals surface area (Å²) in [5.74, 6) is 0.518. The second-order valence-corrected chi connectivity index (χ2v) is 19.9. The van der Waals surface area contributed by atoms with Gasteiger partial charge in [0.1, 0.15) is 5.60 Å². The van der Waals surface area contributed by atoms with E-state index in [-0.39, 0.29) is 18.1 Å². The number of nitrogens with one attached hydrogen (secondary N) is 5. The van der Waals surface area contributed by atoms with E-state index in [9.17, 15) is 15.2 Å². The molecule has 0 bridgehead atoms. The minimum absolute atomic E-state index is 0.115. The molecule has 0 fully saturated rings. The van der Waals surface area contributed by atoms with E-state index in [1.54, 1.807) is 0 Å². The van der Waals surface area contributed by atoms with Crippen molar-refractivity contribution in [3.63, 3.8) is 0 Å². The van der Waals surface area contributed by atoms with Crippen LogP contribution in [0.2, 0.25) is 5.02 Å². The zero-order valence-electron chi connectivity index (χ0n) is 42.7. The fraction of sp³-hybridized carbons (Fsp3) is 0.339. The Labute approximate surface area is 433 Å². The smallest absolute Gasteiger partial charge is 0.407 e. The number of H-pyrrole nitrogens is 2. The molecule has 8 rings (SSSR count). The highest BCUT2D eigenvalue weighted by molar-refractivity contribution is 6.31. The number of hydrogen-bond donors (Lipinski definition) is 8. The number of likely N-dealkylation sites (N-methyl/N-ethyl adjacent to an activating group) is 2. The van der Waals surface area contributed by atoms with Crippen LogP contribution in [0.1, 0.15) is 72.3 Å². The summed E-state index contributed by atoms with van der Waals surface area (Å²) in [6.45, 7) is 10.8. The number of anilines is 1. The Kier molecular flexibility index (Phi) is 20.1. The summed E-state index contributed by atoms with van der Waals surface area (Å²) < 4.78 is 7.37. The van der Waals surface area contributed by atoms with Gasteiger partial charge >= 0.3 is 6.09 Å². The summed E-state index contributed by atoms with van der Waals surface area (Å²) in [5.41, 5.74) is 16.6. The topological polar surface area (TPSA) is 175 Å². The number of benzene rings is 5. The molecular formula is C56H72Cl2N10O4. The second-order valence-electron chi connectivity index (χ2n) is 19.1. The molecule has 0 aliphatic carbocycles. The number of amides is 1. The summed E-state index contributed by atoms with van der Waals surface area (Å²) in [6.07, 6.45) is 5.50. The molecule has 9 N–H and O–H groups in total. The molecule has 0 aliphatic heterocycles. The molecule has 16 heteroatoms. The number of carbonyl (C=O) groups is 1. The molecule has 72 heavy (non-hydrogen) atoms. The zero-order valence-corrected chi connectivity index (χ0v) is 44.2. The quantitative estimate of drug-likeness (QED) is 0.0305. The van der Waals surface area contributed by atoms with Gasteiger partial charge in [0.15, 0.2) is 0 Å². The first-order valence-electron chi connectivity index (χ1n) is 24.2. The molecule has 0 saturated heterocycles. The van der Waals surface area contributed by atoms with E-state index in [0.29, 0.717) is 50.2 Å². The summed E-state index contributed by atoms with van der Waals surface area (Å²) in [7, 11) is 7.79. The van der Waals surface area contributed by atoms with Gasteiger partial charge < -0.3 is 56.3 Å². The highest BCUT2D eigenvalue weighted by Crippen LogP contribution is 2.32. The number of nitrogens with two attached hydrogens (primary N) is 1. The average Bonchev–Trinajstić information content (AvgIpc) is 4.07. The molecule has 3 heterocycles. The Morgan fingerprint density at radius 1 is 0.736 bits per heavy atom. The van der Waals surface area contributed by atoms with Gasteiger partial charge in [-0.05, 0) is 118 Å². The molecule has 3 atom stereocenters. The van der Waals surface area contributed by atoms with Gasteiger partial charge in [0.05, 0.1) is 12.1 Å². The Hall–Kier alpha value is -5.91. The van der Waals surface area contributed by atoms with Crippen LogP contribution in [0, 0.1) is 6.92 Å². The van der Waals surface area contributed by atoms with Gasteiger partial charge in [-0.3, -0.25) is 0 Å². The van der Waals surface area contributed by atoms with Crippen molar-refractivity contribution in [2.45, 2.75) is 71.1 Å². The number of rotatable bonds is 18. The van der Waals surface area contributed by atoms with Gasteiger partial charge in [0.25, 0.3) is 0 Å². The van der Waals surface area contributed by atoms with Gasteiger partial charge in [0, 0.05) is 127 Å². The van der Waals surface area contributed by atoms with E-state index in [0.717, 1.165) is 66.2 Å². The molecule has 0 saturated carbocycles. The number of aromatic nitrogens is 3. The molecule has 0 aliphatic rings. The van der Waals surface area contributed by atoms with Crippen molar-refractivity contribution in [2.24, 2.45) is 5.73 Å². The normalized spacial score (nSPS) is 12.9. The van der Waals surface area contributed by atoms with Crippen LogP contribution in [-0.4, -0.2) is 100 Å². The largest absolute Gasteiger partial charge is 0.444 e. The fourth-order valence-electron chi connectivity index (χ4n) is 8.60. The number of aryl methyl sites for hydroxylation is 2. The highest BCUT2D eigenvalue weighted by atomic mass is 35.5. The van der Waals surface area contributed by atoms with Crippen molar-refractivity contribution >= 4 is 67.7 Å². The fourth-order valence-corrected chi connectivity index (χ4v) is 8.96. The zero-order chi connectivity index (χ0) is 52.0. The van der Waals surface area contributed by atoms with Gasteiger partial charge in [0.2, 0.25) is 0 Å². The lowest BCUT2D eigenvalue weighted by Crippen LogP contribution is -2.36. The van der Waals surface area contributed by atoms with Crippen LogP contribution >= 0.6 is 23.2 Å². The van der Waals surface area contributed by atoms with E-state index in [2.05, 4.69) is 73.8 Å². The number of hydrogen-bond acceptors (Lipinski definition) is 10. The standard InChI is InChI=1S/C19H29ClN4O2.C19H23N3O.C18H20ClN3O/c1-19(2,3)26-18(25)22-11-16(21)15-12-24(9-8-20)17-7-6-13(23(4)5)10-14(15)17;1-14-8-9-18-16(10-14)17(11-21-18)19(12-20-2)22(23)13-15-6-4-3-5-7-15;1-20-11-18(22(23)12-13-5-3-2-4-6-13)16-10-21-17-8-7-14(19)9-15(16)17/h6-7,10,12,16H,8-9,11,21H2,1-5H3,(H,22,25);3-11,19-21,23H,12-13H2,1-2H3;2-10,18,20-21,23H,11-12H2,1H3. The molecule has 384 valence electrons. The Bertz CT molecular complexity index is 2800. The van der Waals surface area contributed by atoms with Crippen molar-refractivity contribution in [2.75, 3.05) is 58.6 Å². The van der Waals surface area contributed by atoms with Crippen LogP contribution in [0.4, 0.5) is 10.5 Å². The van der Waals surface area contributed by atoms with Crippen molar-refractivity contribution in [1.29, 1.82) is 0 Å². The van der Waals surface area contributed by atoms with E-state index >= 15 is 0 Å². The summed E-state index contributed by atoms with van der Waals surface area (Å²) in [4.78, 5) is 20.5. The molecule has 3 aromatic heterocycles. The van der Waals surface area contributed by atoms with E-state index in [1.165, 1.54) is 15.7 Å². The summed E-state index contributed by atoms with van der Waals surface area (Å²) in [6, 6.07) is 37.7. The lowest BCUT2D eigenvalue weighted by Gasteiger charge is -2.26. The number of ether oxygens (including phenoxy) is 1. The number of hydroxylamine groups is 4. The predicted molar refractivity (Wildman–Crippen MR) is 295 cm³/mol. The lowest BCUT2D eigenvalue weighted by molar-refractivity contribution is -0.136. The van der Waals surface area contributed by atoms with Crippen molar-refractivity contribution < 1.29 is 19.9 Å². The van der Waals surface area contributed by atoms with E-state index < -0.39 is 11.7 Å². The van der Waals surface area contributed by atoms with Crippen molar-refractivity contribution in [3.8, 4) is 0 Å². The predicted octanol–water partition coefficient (Wildman–Crippen LogP) is 11.1. The third kappa shape index (κ3) is 15.1. The first-order valence-corrected chi connectivity index (χ1v) is 25.1. The van der Waals surface area contributed by atoms with E-state index in [4.69, 9.17) is 33.7 Å². The van der Waals surface area contributed by atoms with Crippen molar-refractivity contribution in [1.82, 2.24) is 40.6 Å². The number of halogens is 2. The van der Waals surface area contributed by atoms with Gasteiger partial charge in [-0.25, -0.2) is 4.79 Å².